The molecule has 2 atom stereocenters. The molecule has 3 heterocycles. The normalized spacial score (nSPS) is 20.5. The maximum atomic E-state index is 5.72. The minimum Gasteiger partial charge on any atom is -0.444 e. The lowest BCUT2D eigenvalue weighted by molar-refractivity contribution is 0.136. The van der Waals surface area contributed by atoms with Gasteiger partial charge in [0.05, 0.1) is 23.3 Å². The van der Waals surface area contributed by atoms with E-state index >= 15 is 0 Å². The number of fused-ring (bicyclic) bond motifs is 1. The lowest BCUT2D eigenvalue weighted by atomic mass is 9.96. The Kier molecular flexibility index (Phi) is 3.88. The maximum Gasteiger partial charge on any atom is 0.211 e. The van der Waals surface area contributed by atoms with Gasteiger partial charge in [-0.2, -0.15) is 0 Å². The molecule has 2 aromatic heterocycles. The number of hydrogen-bond donors (Lipinski definition) is 1. The van der Waals surface area contributed by atoms with Gasteiger partial charge in [-0.15, -0.1) is 0 Å². The van der Waals surface area contributed by atoms with Crippen molar-refractivity contribution in [1.82, 2.24) is 19.9 Å². The van der Waals surface area contributed by atoms with Crippen LogP contribution >= 0.6 is 0 Å². The topological polar surface area (TPSA) is 58.0 Å². The zero-order valence-electron chi connectivity index (χ0n) is 14.5. The fourth-order valence-electron chi connectivity index (χ4n) is 3.64. The van der Waals surface area contributed by atoms with E-state index in [0.717, 1.165) is 41.6 Å². The van der Waals surface area contributed by atoms with E-state index in [1.807, 2.05) is 6.92 Å². The molecule has 1 fully saturated rings. The van der Waals surface area contributed by atoms with Crippen molar-refractivity contribution < 1.29 is 4.42 Å². The van der Waals surface area contributed by atoms with E-state index in [9.17, 15) is 0 Å². The van der Waals surface area contributed by atoms with E-state index in [2.05, 4.69) is 46.9 Å². The highest BCUT2D eigenvalue weighted by Crippen LogP contribution is 2.31. The number of likely N-dealkylation sites (tertiary alicyclic amines) is 1. The van der Waals surface area contributed by atoms with Crippen molar-refractivity contribution in [2.75, 3.05) is 13.1 Å². The highest BCUT2D eigenvalue weighted by Gasteiger charge is 2.29. The van der Waals surface area contributed by atoms with Gasteiger partial charge in [-0.25, -0.2) is 9.97 Å². The lowest BCUT2D eigenvalue weighted by Crippen LogP contribution is -2.36. The zero-order chi connectivity index (χ0) is 16.7. The molecular weight excluding hydrogens is 300 g/mol. The van der Waals surface area contributed by atoms with Gasteiger partial charge in [-0.05, 0) is 57.9 Å². The number of rotatable bonds is 3. The summed E-state index contributed by atoms with van der Waals surface area (Å²) in [6.45, 7) is 8.30. The highest BCUT2D eigenvalue weighted by atomic mass is 16.4. The van der Waals surface area contributed by atoms with Crippen LogP contribution in [0.25, 0.3) is 11.0 Å². The predicted octanol–water partition coefficient (Wildman–Crippen LogP) is 4.11. The Bertz CT molecular complexity index is 850. The second kappa shape index (κ2) is 6.06. The first-order chi connectivity index (χ1) is 11.6. The number of nitrogens with one attached hydrogen (secondary N) is 1. The first-order valence-corrected chi connectivity index (χ1v) is 8.73. The molecule has 1 N–H and O–H groups in total. The smallest absolute Gasteiger partial charge is 0.211 e. The number of aromatic nitrogens is 3. The number of piperidine rings is 1. The van der Waals surface area contributed by atoms with E-state index in [4.69, 9.17) is 9.40 Å². The molecule has 0 spiro atoms. The quantitative estimate of drug-likeness (QED) is 0.788. The van der Waals surface area contributed by atoms with Crippen LogP contribution in [0.4, 0.5) is 0 Å². The van der Waals surface area contributed by atoms with Crippen molar-refractivity contribution in [3.8, 4) is 0 Å². The second-order valence-electron chi connectivity index (χ2n) is 6.96. The summed E-state index contributed by atoms with van der Waals surface area (Å²) < 4.78 is 5.72. The summed E-state index contributed by atoms with van der Waals surface area (Å²) in [5.74, 6) is 3.23. The second-order valence-corrected chi connectivity index (χ2v) is 6.96. The van der Waals surface area contributed by atoms with E-state index in [-0.39, 0.29) is 6.04 Å². The summed E-state index contributed by atoms with van der Waals surface area (Å²) in [4.78, 5) is 15.2. The summed E-state index contributed by atoms with van der Waals surface area (Å²) in [6, 6.07) is 6.59. The van der Waals surface area contributed by atoms with Crippen LogP contribution in [-0.2, 0) is 0 Å². The van der Waals surface area contributed by atoms with Gasteiger partial charge >= 0.3 is 0 Å². The summed E-state index contributed by atoms with van der Waals surface area (Å²) in [5, 5.41) is 0. The monoisotopic (exact) mass is 324 g/mol. The van der Waals surface area contributed by atoms with Crippen LogP contribution in [0.15, 0.2) is 28.8 Å². The van der Waals surface area contributed by atoms with Gasteiger partial charge in [0.15, 0.2) is 0 Å². The minimum absolute atomic E-state index is 0.202. The van der Waals surface area contributed by atoms with Crippen LogP contribution in [-0.4, -0.2) is 32.9 Å². The van der Waals surface area contributed by atoms with Crippen LogP contribution in [0.3, 0.4) is 0 Å². The van der Waals surface area contributed by atoms with E-state index in [1.54, 1.807) is 6.20 Å². The van der Waals surface area contributed by atoms with Gasteiger partial charge < -0.3 is 9.40 Å². The average molecular weight is 324 g/mol. The van der Waals surface area contributed by atoms with Crippen molar-refractivity contribution in [2.45, 2.75) is 45.6 Å². The molecule has 126 valence electrons. The summed E-state index contributed by atoms with van der Waals surface area (Å²) >= 11 is 0. The number of oxazole rings is 1. The van der Waals surface area contributed by atoms with Gasteiger partial charge in [0, 0.05) is 12.5 Å². The molecule has 5 nitrogen and oxygen atoms in total. The lowest BCUT2D eigenvalue weighted by Gasteiger charge is -2.34. The van der Waals surface area contributed by atoms with Crippen LogP contribution in [0.1, 0.15) is 54.8 Å². The Morgan fingerprint density at radius 2 is 2.21 bits per heavy atom. The number of imidazole rings is 1. The molecule has 1 aliphatic rings. The number of nitrogens with zero attached hydrogens (tertiary/aromatic N) is 3. The average Bonchev–Trinajstić information content (AvgIpc) is 3.20. The number of hydrogen-bond acceptors (Lipinski definition) is 4. The molecule has 3 aromatic rings. The number of benzene rings is 1. The summed E-state index contributed by atoms with van der Waals surface area (Å²) in [7, 11) is 0. The number of H-pyrrole nitrogens is 1. The third kappa shape index (κ3) is 2.84. The van der Waals surface area contributed by atoms with Crippen LogP contribution in [0.2, 0.25) is 0 Å². The molecule has 2 unspecified atom stereocenters. The SMILES string of the molecule is Cc1ccc2nc(C3CCCN(C(C)c4ncc(C)o4)C3)[nH]c2c1. The Morgan fingerprint density at radius 1 is 1.33 bits per heavy atom. The van der Waals surface area contributed by atoms with Crippen LogP contribution in [0, 0.1) is 13.8 Å². The Hall–Kier alpha value is -2.14. The largest absolute Gasteiger partial charge is 0.444 e. The first-order valence-electron chi connectivity index (χ1n) is 8.73. The molecule has 5 heteroatoms. The Labute approximate surface area is 142 Å². The zero-order valence-corrected chi connectivity index (χ0v) is 14.5. The first kappa shape index (κ1) is 15.4. The molecular formula is C19H24N4O. The fraction of sp³-hybridized carbons (Fsp3) is 0.474. The molecule has 0 radical (unpaired) electrons. The number of aromatic amines is 1. The molecule has 1 saturated heterocycles. The minimum atomic E-state index is 0.202. The molecule has 0 aliphatic carbocycles. The van der Waals surface area contributed by atoms with Gasteiger partial charge in [0.1, 0.15) is 11.6 Å². The standard InChI is InChI=1S/C19H24N4O/c1-12-6-7-16-17(9-12)22-18(21-16)15-5-4-8-23(11-15)14(3)19-20-10-13(2)24-19/h6-7,9-10,14-15H,4-5,8,11H2,1-3H3,(H,21,22). The van der Waals surface area contributed by atoms with E-state index in [1.165, 1.54) is 18.4 Å². The van der Waals surface area contributed by atoms with Gasteiger partial charge in [0.25, 0.3) is 0 Å². The van der Waals surface area contributed by atoms with Crippen LogP contribution < -0.4 is 0 Å². The molecule has 0 bridgehead atoms. The fourth-order valence-corrected chi connectivity index (χ4v) is 3.64. The van der Waals surface area contributed by atoms with Crippen molar-refractivity contribution in [2.24, 2.45) is 0 Å². The van der Waals surface area contributed by atoms with Crippen molar-refractivity contribution in [3.05, 3.63) is 47.4 Å². The van der Waals surface area contributed by atoms with Gasteiger partial charge in [0.2, 0.25) is 5.89 Å². The maximum absolute atomic E-state index is 5.72. The third-order valence-electron chi connectivity index (χ3n) is 5.04. The van der Waals surface area contributed by atoms with Gasteiger partial charge in [-0.3, -0.25) is 4.90 Å². The van der Waals surface area contributed by atoms with E-state index < -0.39 is 0 Å². The summed E-state index contributed by atoms with van der Waals surface area (Å²) in [5.41, 5.74) is 3.46. The molecule has 24 heavy (non-hydrogen) atoms. The molecule has 0 amide bonds. The van der Waals surface area contributed by atoms with Crippen molar-refractivity contribution in [3.63, 3.8) is 0 Å². The molecule has 1 aromatic carbocycles. The Balaban J connectivity index is 1.55. The molecule has 0 saturated carbocycles. The van der Waals surface area contributed by atoms with E-state index in [0.29, 0.717) is 5.92 Å². The van der Waals surface area contributed by atoms with Crippen molar-refractivity contribution in [1.29, 1.82) is 0 Å². The van der Waals surface area contributed by atoms with Gasteiger partial charge in [-0.1, -0.05) is 6.07 Å². The summed E-state index contributed by atoms with van der Waals surface area (Å²) in [6.07, 6.45) is 4.15. The Morgan fingerprint density at radius 3 is 3.00 bits per heavy atom. The van der Waals surface area contributed by atoms with Crippen molar-refractivity contribution >= 4 is 11.0 Å². The highest BCUT2D eigenvalue weighted by molar-refractivity contribution is 5.75. The third-order valence-corrected chi connectivity index (χ3v) is 5.04. The van der Waals surface area contributed by atoms with Crippen LogP contribution in [0.5, 0.6) is 0 Å². The predicted molar refractivity (Wildman–Crippen MR) is 94.0 cm³/mol. The molecule has 4 rings (SSSR count). The molecule has 1 aliphatic heterocycles. The number of aryl methyl sites for hydroxylation is 2.